The number of anilines is 1. The number of halogens is 1. The van der Waals surface area contributed by atoms with Crippen LogP contribution in [0.4, 0.5) is 5.69 Å². The summed E-state index contributed by atoms with van der Waals surface area (Å²) in [6, 6.07) is 16.5. The van der Waals surface area contributed by atoms with Crippen LogP contribution in [0.15, 0.2) is 60.0 Å². The van der Waals surface area contributed by atoms with Crippen LogP contribution in [0, 0.1) is 0 Å². The third-order valence-electron chi connectivity index (χ3n) is 4.34. The fourth-order valence-corrected chi connectivity index (χ4v) is 4.01. The molecule has 1 atom stereocenters. The molecule has 0 spiro atoms. The van der Waals surface area contributed by atoms with E-state index < -0.39 is 12.1 Å². The van der Waals surface area contributed by atoms with Crippen LogP contribution in [0.2, 0.25) is 5.02 Å². The number of rotatable bonds is 8. The second-order valence-corrected chi connectivity index (χ2v) is 7.55. The van der Waals surface area contributed by atoms with Crippen molar-refractivity contribution in [1.82, 2.24) is 5.43 Å². The van der Waals surface area contributed by atoms with Crippen molar-refractivity contribution in [3.05, 3.63) is 76.1 Å². The molecule has 1 unspecified atom stereocenters. The lowest BCUT2D eigenvalue weighted by Crippen LogP contribution is -2.40. The van der Waals surface area contributed by atoms with Gasteiger partial charge in [-0.25, -0.2) is 10.2 Å². The first-order chi connectivity index (χ1) is 13.5. The molecule has 3 N–H and O–H groups in total. The molecule has 2 aromatic carbocycles. The number of aliphatic hydroxyl groups is 1. The Morgan fingerprint density at radius 2 is 2.00 bits per heavy atom. The zero-order chi connectivity index (χ0) is 20.1. The van der Waals surface area contributed by atoms with Crippen LogP contribution in [0.1, 0.15) is 28.9 Å². The Morgan fingerprint density at radius 1 is 1.21 bits per heavy atom. The maximum absolute atomic E-state index is 11.4. The van der Waals surface area contributed by atoms with Crippen LogP contribution in [0.5, 0.6) is 0 Å². The summed E-state index contributed by atoms with van der Waals surface area (Å²) in [6.07, 6.45) is -0.702. The SMILES string of the molecule is CCN(NCC(O)c1cccc(Cl)c1)c1cccc(-c2sccc2C(=O)O)c1. The minimum atomic E-state index is -0.934. The summed E-state index contributed by atoms with van der Waals surface area (Å²) >= 11 is 7.40. The third kappa shape index (κ3) is 4.72. The van der Waals surface area contributed by atoms with Crippen LogP contribution < -0.4 is 10.4 Å². The van der Waals surface area contributed by atoms with Crippen molar-refractivity contribution >= 4 is 34.6 Å². The molecular formula is C21H21ClN2O3S. The molecule has 0 aliphatic rings. The van der Waals surface area contributed by atoms with Crippen molar-refractivity contribution in [1.29, 1.82) is 0 Å². The van der Waals surface area contributed by atoms with Crippen LogP contribution in [0.3, 0.4) is 0 Å². The van der Waals surface area contributed by atoms with E-state index in [-0.39, 0.29) is 0 Å². The minimum absolute atomic E-state index is 0.300. The number of carboxylic acids is 1. The number of carboxylic acid groups (broad SMARTS) is 1. The predicted octanol–water partition coefficient (Wildman–Crippen LogP) is 4.83. The molecule has 1 heterocycles. The number of benzene rings is 2. The van der Waals surface area contributed by atoms with Crippen molar-refractivity contribution in [3.63, 3.8) is 0 Å². The largest absolute Gasteiger partial charge is 0.478 e. The monoisotopic (exact) mass is 416 g/mol. The molecule has 0 fully saturated rings. The predicted molar refractivity (Wildman–Crippen MR) is 114 cm³/mol. The van der Waals surface area contributed by atoms with Crippen LogP contribution in [-0.2, 0) is 0 Å². The molecule has 28 heavy (non-hydrogen) atoms. The first-order valence-electron chi connectivity index (χ1n) is 8.85. The molecule has 5 nitrogen and oxygen atoms in total. The van der Waals surface area contributed by atoms with E-state index in [1.54, 1.807) is 23.6 Å². The van der Waals surface area contributed by atoms with E-state index in [9.17, 15) is 15.0 Å². The second-order valence-electron chi connectivity index (χ2n) is 6.20. The maximum atomic E-state index is 11.4. The number of hydrazine groups is 1. The second kappa shape index (κ2) is 9.21. The third-order valence-corrected chi connectivity index (χ3v) is 5.54. The van der Waals surface area contributed by atoms with Gasteiger partial charge in [0, 0.05) is 23.0 Å². The first-order valence-corrected chi connectivity index (χ1v) is 10.1. The molecular weight excluding hydrogens is 396 g/mol. The Morgan fingerprint density at radius 3 is 2.71 bits per heavy atom. The number of nitrogens with zero attached hydrogens (tertiary/aromatic N) is 1. The molecule has 146 valence electrons. The fraction of sp³-hybridized carbons (Fsp3) is 0.190. The number of hydrogen-bond donors (Lipinski definition) is 3. The smallest absolute Gasteiger partial charge is 0.337 e. The van der Waals surface area contributed by atoms with Crippen molar-refractivity contribution < 1.29 is 15.0 Å². The quantitative estimate of drug-likeness (QED) is 0.458. The van der Waals surface area contributed by atoms with E-state index in [2.05, 4.69) is 5.43 Å². The van der Waals surface area contributed by atoms with E-state index in [1.807, 2.05) is 48.3 Å². The normalized spacial score (nSPS) is 12.0. The van der Waals surface area contributed by atoms with Gasteiger partial charge in [0.25, 0.3) is 0 Å². The lowest BCUT2D eigenvalue weighted by atomic mass is 10.1. The van der Waals surface area contributed by atoms with Crippen LogP contribution in [0.25, 0.3) is 10.4 Å². The summed E-state index contributed by atoms with van der Waals surface area (Å²) in [4.78, 5) is 12.1. The van der Waals surface area contributed by atoms with E-state index in [4.69, 9.17) is 11.6 Å². The lowest BCUT2D eigenvalue weighted by Gasteiger charge is -2.26. The Labute approximate surface area is 172 Å². The van der Waals surface area contributed by atoms with Gasteiger partial charge in [-0.2, -0.15) is 0 Å². The van der Waals surface area contributed by atoms with E-state index in [0.717, 1.165) is 21.7 Å². The highest BCUT2D eigenvalue weighted by atomic mass is 35.5. The Kier molecular flexibility index (Phi) is 6.70. The lowest BCUT2D eigenvalue weighted by molar-refractivity contribution is 0.0698. The van der Waals surface area contributed by atoms with Crippen LogP contribution in [-0.4, -0.2) is 29.3 Å². The molecule has 1 aromatic heterocycles. The minimum Gasteiger partial charge on any atom is -0.478 e. The van der Waals surface area contributed by atoms with Crippen molar-refractivity contribution in [2.75, 3.05) is 18.1 Å². The van der Waals surface area contributed by atoms with E-state index >= 15 is 0 Å². The van der Waals surface area contributed by atoms with Gasteiger partial charge in [0.1, 0.15) is 0 Å². The van der Waals surface area contributed by atoms with Gasteiger partial charge in [-0.05, 0) is 53.8 Å². The summed E-state index contributed by atoms with van der Waals surface area (Å²) in [5.41, 5.74) is 6.03. The average molecular weight is 417 g/mol. The molecule has 0 bridgehead atoms. The number of carbonyl (C=O) groups is 1. The topological polar surface area (TPSA) is 72.8 Å². The van der Waals surface area contributed by atoms with Gasteiger partial charge < -0.3 is 15.2 Å². The van der Waals surface area contributed by atoms with Gasteiger partial charge in [0.2, 0.25) is 0 Å². The highest BCUT2D eigenvalue weighted by Crippen LogP contribution is 2.32. The molecule has 3 rings (SSSR count). The number of aromatic carboxylic acids is 1. The Bertz CT molecular complexity index is 960. The molecule has 0 aliphatic heterocycles. The van der Waals surface area contributed by atoms with Gasteiger partial charge >= 0.3 is 5.97 Å². The zero-order valence-electron chi connectivity index (χ0n) is 15.3. The number of aliphatic hydroxyl groups excluding tert-OH is 1. The first kappa shape index (κ1) is 20.4. The summed E-state index contributed by atoms with van der Waals surface area (Å²) in [5.74, 6) is -0.934. The maximum Gasteiger partial charge on any atom is 0.337 e. The van der Waals surface area contributed by atoms with E-state index in [0.29, 0.717) is 23.7 Å². The number of nitrogens with one attached hydrogen (secondary N) is 1. The van der Waals surface area contributed by atoms with Gasteiger partial charge in [-0.15, -0.1) is 11.3 Å². The summed E-state index contributed by atoms with van der Waals surface area (Å²) in [5, 5.41) is 24.1. The highest BCUT2D eigenvalue weighted by molar-refractivity contribution is 7.14. The van der Waals surface area contributed by atoms with Gasteiger partial charge in [-0.3, -0.25) is 0 Å². The molecule has 0 amide bonds. The highest BCUT2D eigenvalue weighted by Gasteiger charge is 2.15. The Balaban J connectivity index is 1.76. The van der Waals surface area contributed by atoms with E-state index in [1.165, 1.54) is 11.3 Å². The van der Waals surface area contributed by atoms with Crippen LogP contribution >= 0.6 is 22.9 Å². The summed E-state index contributed by atoms with van der Waals surface area (Å²) in [7, 11) is 0. The number of hydrogen-bond acceptors (Lipinski definition) is 5. The van der Waals surface area contributed by atoms with Gasteiger partial charge in [0.05, 0.1) is 17.4 Å². The Hall–Kier alpha value is -2.38. The van der Waals surface area contributed by atoms with Crippen molar-refractivity contribution in [2.24, 2.45) is 0 Å². The standard InChI is InChI=1S/C21H21ClN2O3S/c1-2-24(23-13-19(25)14-5-3-7-16(22)11-14)17-8-4-6-15(12-17)20-18(21(26)27)9-10-28-20/h3-12,19,23,25H,2,13H2,1H3,(H,26,27). The van der Waals surface area contributed by atoms with Gasteiger partial charge in [-0.1, -0.05) is 35.9 Å². The van der Waals surface area contributed by atoms with Gasteiger partial charge in [0.15, 0.2) is 0 Å². The molecule has 0 aliphatic carbocycles. The van der Waals surface area contributed by atoms with Crippen molar-refractivity contribution in [2.45, 2.75) is 13.0 Å². The zero-order valence-corrected chi connectivity index (χ0v) is 16.9. The molecule has 0 saturated carbocycles. The molecule has 0 saturated heterocycles. The molecule has 3 aromatic rings. The molecule has 0 radical (unpaired) electrons. The molecule has 7 heteroatoms. The number of thiophene rings is 1. The summed E-state index contributed by atoms with van der Waals surface area (Å²) in [6.45, 7) is 2.99. The fourth-order valence-electron chi connectivity index (χ4n) is 2.93. The summed E-state index contributed by atoms with van der Waals surface area (Å²) < 4.78 is 0. The van der Waals surface area contributed by atoms with Crippen molar-refractivity contribution in [3.8, 4) is 10.4 Å². The average Bonchev–Trinajstić information content (AvgIpc) is 3.19.